The molecule has 5 heterocycles. The molecular weight excluding hydrogens is 1690 g/mol. The number of ketones is 1. The number of aromatic nitrogens is 4. The number of fused-ring (bicyclic) bond motifs is 7. The van der Waals surface area contributed by atoms with Gasteiger partial charge in [0.25, 0.3) is 0 Å². The van der Waals surface area contributed by atoms with Crippen LogP contribution >= 0.6 is 0 Å². The van der Waals surface area contributed by atoms with Crippen molar-refractivity contribution in [1.29, 1.82) is 0 Å². The van der Waals surface area contributed by atoms with Gasteiger partial charge >= 0.3 is 0 Å². The summed E-state index contributed by atoms with van der Waals surface area (Å²) in [6.07, 6.45) is 8.96. The first kappa shape index (κ1) is 75.4. The maximum atomic E-state index is 11.2. The number of hydrogen-bond donors (Lipinski definition) is 1. The van der Waals surface area contributed by atoms with Crippen molar-refractivity contribution in [2.45, 2.75) is 121 Å². The van der Waals surface area contributed by atoms with Crippen LogP contribution in [0.3, 0.4) is 0 Å². The molecule has 0 spiro atoms. The number of furan rings is 1. The van der Waals surface area contributed by atoms with Crippen LogP contribution in [0, 0.1) is 62.8 Å². The molecule has 5 aromatic heterocycles. The van der Waals surface area contributed by atoms with E-state index in [2.05, 4.69) is 180 Å². The Morgan fingerprint density at radius 3 is 1.74 bits per heavy atom. The number of carbonyl (C=O) groups is 1. The predicted molar refractivity (Wildman–Crippen MR) is 378 cm³/mol. The quantitative estimate of drug-likeness (QED) is 0.0738. The first-order chi connectivity index (χ1) is 43.7. The second kappa shape index (κ2) is 35.2. The van der Waals surface area contributed by atoms with Gasteiger partial charge in [-0.3, -0.25) is 9.78 Å². The second-order valence-electron chi connectivity index (χ2n) is 25.7. The van der Waals surface area contributed by atoms with E-state index in [1.54, 1.807) is 12.4 Å². The summed E-state index contributed by atoms with van der Waals surface area (Å²) < 4.78 is 6.26. The molecule has 489 valence electrons. The van der Waals surface area contributed by atoms with Gasteiger partial charge in [0.15, 0.2) is 5.78 Å². The van der Waals surface area contributed by atoms with Gasteiger partial charge in [-0.2, -0.15) is 0 Å². The fraction of sp³-hybridized carbons (Fsp3) is 0.250. The number of aliphatic hydroxyl groups is 1. The van der Waals surface area contributed by atoms with Crippen LogP contribution in [0.2, 0.25) is 0 Å². The van der Waals surface area contributed by atoms with Crippen LogP contribution in [0.5, 0.6) is 0 Å². The number of allylic oxidation sites excluding steroid dienone is 2. The Morgan fingerprint density at radius 1 is 0.532 bits per heavy atom. The van der Waals surface area contributed by atoms with E-state index in [0.29, 0.717) is 36.5 Å². The normalized spacial score (nSPS) is 11.7. The minimum atomic E-state index is -0.0118. The third-order valence-corrected chi connectivity index (χ3v) is 15.8. The van der Waals surface area contributed by atoms with Crippen LogP contribution in [0.1, 0.15) is 127 Å². The molecule has 0 atom stereocenters. The van der Waals surface area contributed by atoms with E-state index in [1.165, 1.54) is 56.0 Å². The van der Waals surface area contributed by atoms with E-state index in [-0.39, 0.29) is 77.3 Å². The number of rotatable bonds is 12. The molecule has 13 rings (SSSR count). The molecular formula is C84H84Ir3N4O3-4. The number of carbonyl (C=O) groups excluding carboxylic acids is 1. The summed E-state index contributed by atoms with van der Waals surface area (Å²) in [5.74, 6) is 1.98. The van der Waals surface area contributed by atoms with Crippen LogP contribution in [0.4, 0.5) is 0 Å². The number of para-hydroxylation sites is 1. The summed E-state index contributed by atoms with van der Waals surface area (Å²) >= 11 is 0. The van der Waals surface area contributed by atoms with E-state index < -0.39 is 0 Å². The van der Waals surface area contributed by atoms with E-state index >= 15 is 0 Å². The third kappa shape index (κ3) is 19.5. The van der Waals surface area contributed by atoms with E-state index in [0.717, 1.165) is 84.5 Å². The first-order valence-electron chi connectivity index (χ1n) is 31.8. The van der Waals surface area contributed by atoms with Gasteiger partial charge in [0.1, 0.15) is 5.58 Å². The van der Waals surface area contributed by atoms with E-state index in [1.807, 2.05) is 138 Å². The van der Waals surface area contributed by atoms with Gasteiger partial charge in [0, 0.05) is 114 Å². The van der Waals surface area contributed by atoms with Crippen molar-refractivity contribution in [3.63, 3.8) is 0 Å². The molecule has 0 unspecified atom stereocenters. The molecule has 0 saturated heterocycles. The van der Waals surface area contributed by atoms with E-state index in [4.69, 9.17) is 9.40 Å². The average molecular weight is 1770 g/mol. The molecule has 1 aliphatic carbocycles. The second-order valence-corrected chi connectivity index (χ2v) is 25.7. The fourth-order valence-electron chi connectivity index (χ4n) is 11.6. The number of nitrogens with zero attached hydrogens (tertiary/aromatic N) is 4. The molecule has 10 heteroatoms. The number of aliphatic hydroxyl groups excluding tert-OH is 1. The molecule has 7 aromatic carbocycles. The summed E-state index contributed by atoms with van der Waals surface area (Å²) in [4.78, 5) is 29.3. The summed E-state index contributed by atoms with van der Waals surface area (Å²) in [7, 11) is 0. The Labute approximate surface area is 598 Å². The Kier molecular flexibility index (Phi) is 28.2. The minimum absolute atomic E-state index is 0. The third-order valence-electron chi connectivity index (χ3n) is 15.8. The first-order valence-corrected chi connectivity index (χ1v) is 31.8. The zero-order valence-corrected chi connectivity index (χ0v) is 63.3. The number of benzene rings is 7. The molecule has 1 N–H and O–H groups in total. The van der Waals surface area contributed by atoms with Crippen molar-refractivity contribution in [3.05, 3.63) is 276 Å². The maximum absolute atomic E-state index is 11.2. The molecule has 0 bridgehead atoms. The molecule has 94 heavy (non-hydrogen) atoms. The Morgan fingerprint density at radius 2 is 1.16 bits per heavy atom. The molecule has 0 amide bonds. The van der Waals surface area contributed by atoms with Crippen molar-refractivity contribution in [3.8, 4) is 56.2 Å². The zero-order valence-electron chi connectivity index (χ0n) is 56.1. The summed E-state index contributed by atoms with van der Waals surface area (Å²) in [6.45, 7) is 27.9. The minimum Gasteiger partial charge on any atom is -0.512 e. The molecule has 0 saturated carbocycles. The van der Waals surface area contributed by atoms with Crippen LogP contribution in [0.15, 0.2) is 217 Å². The molecule has 3 radical (unpaired) electrons. The Bertz CT molecular complexity index is 4350. The van der Waals surface area contributed by atoms with Crippen LogP contribution in [-0.2, 0) is 76.9 Å². The van der Waals surface area contributed by atoms with Crippen molar-refractivity contribution >= 4 is 38.6 Å². The van der Waals surface area contributed by atoms with E-state index in [9.17, 15) is 9.90 Å². The maximum Gasteiger partial charge on any atom is 0.159 e. The number of pyridine rings is 4. The topological polar surface area (TPSA) is 102 Å². The summed E-state index contributed by atoms with van der Waals surface area (Å²) in [5.41, 5.74) is 22.6. The van der Waals surface area contributed by atoms with Gasteiger partial charge in [-0.15, -0.1) is 125 Å². The van der Waals surface area contributed by atoms with Gasteiger partial charge in [0.05, 0.1) is 16.9 Å². The average Bonchev–Trinajstić information content (AvgIpc) is 1.56. The fourth-order valence-corrected chi connectivity index (χ4v) is 11.6. The SMILES string of the molecule is CC(C)CC(=O)C=C(O)CC(C)C.CC(C)c1cccc2c1oc1c(-c3ccccn3)[c-]ccc12.Cc1[c-]c(-c2cc(CC(C)C)c3cc4c(cc3n2)C(C)(C)c2ccccc2-4)cc(C)c1.Cc1ccc(-c2[c-]cccc2)nc1.[Ir].[Ir].[Ir].[c-]1ccccc1-c1ccccn1. The Hall–Kier alpha value is -7.64. The summed E-state index contributed by atoms with van der Waals surface area (Å²) in [6, 6.07) is 75.2. The van der Waals surface area contributed by atoms with Crippen LogP contribution in [0.25, 0.3) is 89.0 Å². The number of aryl methyl sites for hydroxylation is 3. The molecule has 0 fully saturated rings. The molecule has 1 aliphatic rings. The van der Waals surface area contributed by atoms with Crippen molar-refractivity contribution in [2.24, 2.45) is 17.8 Å². The summed E-state index contributed by atoms with van der Waals surface area (Å²) in [5, 5.41) is 12.9. The van der Waals surface area contributed by atoms with Gasteiger partial charge in [-0.25, -0.2) is 0 Å². The largest absolute Gasteiger partial charge is 0.512 e. The standard InChI is InChI=1S/C30H30N.C20H16NO.C12H10N.C11H8N.C11H20O2.3Ir/c1-18(2)11-21-15-28(22-13-19(3)12-20(4)14-22)31-29-17-27-25(16-24(21)29)23-9-7-8-10-26(23)30(27,5)6;1-13(2)14-7-5-8-15-16-9-6-10-17(20(16)22-19(14)15)18-11-3-4-12-21-18;1-10-7-8-12(13-9-10)11-5-3-2-4-6-11;1-2-6-10(7-3-1)11-8-4-5-9-12-11;1-8(2)5-10(12)7-11(13)6-9(3)4;;;/h7-10,12-13,15-18H,11H2,1-6H3;3-9,11-13H,1-2H3;2-5,7-9H,1H3;1-6,8-9H;7-9,12H,5-6H2,1-4H3;;;/q4*-1;;;;. The van der Waals surface area contributed by atoms with Crippen molar-refractivity contribution in [2.75, 3.05) is 0 Å². The predicted octanol–water partition coefficient (Wildman–Crippen LogP) is 21.9. The van der Waals surface area contributed by atoms with Crippen molar-refractivity contribution < 1.29 is 74.6 Å². The Balaban J connectivity index is 0.000000195. The van der Waals surface area contributed by atoms with Gasteiger partial charge in [-0.05, 0) is 123 Å². The van der Waals surface area contributed by atoms with Crippen molar-refractivity contribution in [1.82, 2.24) is 19.9 Å². The van der Waals surface area contributed by atoms with Gasteiger partial charge in [-0.1, -0.05) is 179 Å². The van der Waals surface area contributed by atoms with Gasteiger partial charge in [0.2, 0.25) is 0 Å². The van der Waals surface area contributed by atoms with Gasteiger partial charge < -0.3 is 24.5 Å². The zero-order chi connectivity index (χ0) is 64.8. The molecule has 7 nitrogen and oxygen atoms in total. The van der Waals surface area contributed by atoms with Crippen LogP contribution in [-0.4, -0.2) is 30.8 Å². The monoisotopic (exact) mass is 1780 g/mol. The van der Waals surface area contributed by atoms with Crippen LogP contribution < -0.4 is 0 Å². The number of hydrogen-bond acceptors (Lipinski definition) is 7. The molecule has 0 aliphatic heterocycles. The molecule has 12 aromatic rings. The smallest absolute Gasteiger partial charge is 0.159 e.